The van der Waals surface area contributed by atoms with E-state index in [-0.39, 0.29) is 17.9 Å². The molecule has 2 rings (SSSR count). The second-order valence-corrected chi connectivity index (χ2v) is 5.47. The van der Waals surface area contributed by atoms with Gasteiger partial charge in [-0.2, -0.15) is 0 Å². The number of rotatable bonds is 2. The van der Waals surface area contributed by atoms with Crippen molar-refractivity contribution >= 4 is 23.1 Å². The first-order valence-electron chi connectivity index (χ1n) is 6.36. The van der Waals surface area contributed by atoms with Gasteiger partial charge in [0.25, 0.3) is 5.91 Å². The zero-order valence-electron chi connectivity index (χ0n) is 10.9. The molecule has 4 nitrogen and oxygen atoms in total. The number of carbonyl (C=O) groups is 1. The van der Waals surface area contributed by atoms with Crippen LogP contribution in [-0.2, 0) is 0 Å². The fourth-order valence-electron chi connectivity index (χ4n) is 2.28. The van der Waals surface area contributed by atoms with Crippen LogP contribution >= 0.6 is 12.2 Å². The number of aliphatic hydroxyl groups is 1. The third-order valence-corrected chi connectivity index (χ3v) is 3.80. The fraction of sp³-hybridized carbons (Fsp3) is 0.429. The van der Waals surface area contributed by atoms with Crippen LogP contribution in [0.2, 0.25) is 0 Å². The summed E-state index contributed by atoms with van der Waals surface area (Å²) in [6.07, 6.45) is 0.332. The minimum Gasteiger partial charge on any atom is -0.393 e. The molecule has 0 radical (unpaired) electrons. The van der Waals surface area contributed by atoms with Gasteiger partial charge in [0.2, 0.25) is 0 Å². The molecule has 102 valence electrons. The Hall–Kier alpha value is -1.46. The minimum atomic E-state index is -0.305. The first-order chi connectivity index (χ1) is 8.99. The molecule has 0 aromatic heterocycles. The molecule has 5 heteroatoms. The lowest BCUT2D eigenvalue weighted by Gasteiger charge is -2.34. The number of likely N-dealkylation sites (tertiary alicyclic amines) is 1. The number of carbonyl (C=O) groups excluding carboxylic acids is 1. The lowest BCUT2D eigenvalue weighted by molar-refractivity contribution is 0.0297. The number of thiocarbonyl (C=S) groups is 1. The molecular weight excluding hydrogens is 260 g/mol. The number of aliphatic hydroxyl groups excluding tert-OH is 1. The second-order valence-electron chi connectivity index (χ2n) is 5.03. The molecule has 1 aliphatic heterocycles. The van der Waals surface area contributed by atoms with Gasteiger partial charge in [0, 0.05) is 24.2 Å². The third-order valence-electron chi connectivity index (χ3n) is 3.56. The van der Waals surface area contributed by atoms with Gasteiger partial charge in [-0.05, 0) is 24.5 Å². The van der Waals surface area contributed by atoms with Crippen LogP contribution < -0.4 is 5.73 Å². The number of benzene rings is 1. The Balaban J connectivity index is 2.09. The van der Waals surface area contributed by atoms with Crippen molar-refractivity contribution in [2.24, 2.45) is 11.7 Å². The van der Waals surface area contributed by atoms with Gasteiger partial charge >= 0.3 is 0 Å². The largest absolute Gasteiger partial charge is 0.393 e. The number of amides is 1. The fourth-order valence-corrected chi connectivity index (χ4v) is 2.41. The summed E-state index contributed by atoms with van der Waals surface area (Å²) in [5.41, 5.74) is 6.91. The van der Waals surface area contributed by atoms with Gasteiger partial charge in [0.15, 0.2) is 0 Å². The normalized spacial score (nSPS) is 23.2. The Morgan fingerprint density at radius 3 is 2.47 bits per heavy atom. The van der Waals surface area contributed by atoms with Crippen molar-refractivity contribution in [2.75, 3.05) is 13.1 Å². The van der Waals surface area contributed by atoms with Crippen molar-refractivity contribution in [1.29, 1.82) is 0 Å². The molecule has 1 amide bonds. The molecule has 1 heterocycles. The van der Waals surface area contributed by atoms with Crippen LogP contribution in [0.5, 0.6) is 0 Å². The van der Waals surface area contributed by atoms with Crippen molar-refractivity contribution in [1.82, 2.24) is 4.90 Å². The van der Waals surface area contributed by atoms with Crippen molar-refractivity contribution < 1.29 is 9.90 Å². The van der Waals surface area contributed by atoms with Crippen LogP contribution in [0.15, 0.2) is 24.3 Å². The predicted molar refractivity (Wildman–Crippen MR) is 78.0 cm³/mol. The Morgan fingerprint density at radius 1 is 1.37 bits per heavy atom. The highest BCUT2D eigenvalue weighted by molar-refractivity contribution is 7.80. The highest BCUT2D eigenvalue weighted by Gasteiger charge is 2.27. The van der Waals surface area contributed by atoms with E-state index in [1.807, 2.05) is 6.92 Å². The number of hydrogen-bond acceptors (Lipinski definition) is 3. The molecule has 0 aliphatic carbocycles. The summed E-state index contributed by atoms with van der Waals surface area (Å²) in [6, 6.07) is 7.01. The quantitative estimate of drug-likeness (QED) is 0.797. The molecule has 1 fully saturated rings. The first-order valence-corrected chi connectivity index (χ1v) is 6.77. The van der Waals surface area contributed by atoms with Crippen LogP contribution in [0, 0.1) is 5.92 Å². The summed E-state index contributed by atoms with van der Waals surface area (Å²) in [5, 5.41) is 9.68. The molecule has 2 unspecified atom stereocenters. The molecule has 1 aromatic carbocycles. The topological polar surface area (TPSA) is 66.6 Å². The van der Waals surface area contributed by atoms with Gasteiger partial charge in [0.1, 0.15) is 4.99 Å². The lowest BCUT2D eigenvalue weighted by atomic mass is 9.96. The summed E-state index contributed by atoms with van der Waals surface area (Å²) in [4.78, 5) is 14.4. The van der Waals surface area contributed by atoms with Gasteiger partial charge in [-0.25, -0.2) is 0 Å². The Morgan fingerprint density at radius 2 is 1.95 bits per heavy atom. The molecule has 0 saturated carbocycles. The van der Waals surface area contributed by atoms with E-state index in [0.29, 0.717) is 30.1 Å². The average molecular weight is 278 g/mol. The maximum Gasteiger partial charge on any atom is 0.253 e. The molecular formula is C14H18N2O2S. The van der Waals surface area contributed by atoms with E-state index in [2.05, 4.69) is 0 Å². The molecule has 0 spiro atoms. The summed E-state index contributed by atoms with van der Waals surface area (Å²) in [7, 11) is 0. The second kappa shape index (κ2) is 5.67. The number of nitrogens with zero attached hydrogens (tertiary/aromatic N) is 1. The van der Waals surface area contributed by atoms with Crippen molar-refractivity contribution in [2.45, 2.75) is 19.4 Å². The lowest BCUT2D eigenvalue weighted by Crippen LogP contribution is -2.44. The van der Waals surface area contributed by atoms with E-state index in [4.69, 9.17) is 18.0 Å². The van der Waals surface area contributed by atoms with Crippen molar-refractivity contribution in [3.8, 4) is 0 Å². The highest BCUT2D eigenvalue weighted by Crippen LogP contribution is 2.19. The van der Waals surface area contributed by atoms with E-state index in [9.17, 15) is 9.90 Å². The number of hydrogen-bond donors (Lipinski definition) is 2. The predicted octanol–water partition coefficient (Wildman–Crippen LogP) is 1.16. The maximum atomic E-state index is 12.3. The van der Waals surface area contributed by atoms with Crippen molar-refractivity contribution in [3.05, 3.63) is 35.4 Å². The molecule has 1 saturated heterocycles. The van der Waals surface area contributed by atoms with Gasteiger partial charge in [-0.1, -0.05) is 31.3 Å². The van der Waals surface area contributed by atoms with E-state index >= 15 is 0 Å². The van der Waals surface area contributed by atoms with E-state index in [1.54, 1.807) is 29.2 Å². The van der Waals surface area contributed by atoms with E-state index < -0.39 is 0 Å². The van der Waals surface area contributed by atoms with Gasteiger partial charge in [-0.15, -0.1) is 0 Å². The molecule has 0 bridgehead atoms. The molecule has 2 atom stereocenters. The Labute approximate surface area is 118 Å². The van der Waals surface area contributed by atoms with Crippen LogP contribution in [0.25, 0.3) is 0 Å². The standard InChI is InChI=1S/C14H18N2O2S/c1-9-8-16(7-6-12(9)17)14(18)11-4-2-10(3-5-11)13(15)19/h2-5,9,12,17H,6-8H2,1H3,(H2,15,19). The molecule has 1 aromatic rings. The smallest absolute Gasteiger partial charge is 0.253 e. The van der Waals surface area contributed by atoms with E-state index in [0.717, 1.165) is 5.56 Å². The zero-order chi connectivity index (χ0) is 14.0. The maximum absolute atomic E-state index is 12.3. The van der Waals surface area contributed by atoms with Crippen molar-refractivity contribution in [3.63, 3.8) is 0 Å². The number of piperidine rings is 1. The van der Waals surface area contributed by atoms with Gasteiger partial charge < -0.3 is 15.7 Å². The van der Waals surface area contributed by atoms with Crippen LogP contribution in [0.3, 0.4) is 0 Å². The Bertz CT molecular complexity index is 487. The highest BCUT2D eigenvalue weighted by atomic mass is 32.1. The van der Waals surface area contributed by atoms with Gasteiger partial charge in [0.05, 0.1) is 6.10 Å². The first kappa shape index (κ1) is 14.0. The van der Waals surface area contributed by atoms with E-state index in [1.165, 1.54) is 0 Å². The molecule has 3 N–H and O–H groups in total. The van der Waals surface area contributed by atoms with Gasteiger partial charge in [-0.3, -0.25) is 4.79 Å². The summed E-state index contributed by atoms with van der Waals surface area (Å²) >= 11 is 4.88. The van der Waals surface area contributed by atoms with Crippen LogP contribution in [-0.4, -0.2) is 40.1 Å². The summed E-state index contributed by atoms with van der Waals surface area (Å²) in [5.74, 6) is 0.113. The van der Waals surface area contributed by atoms with Crippen LogP contribution in [0.1, 0.15) is 29.3 Å². The average Bonchev–Trinajstić information content (AvgIpc) is 2.41. The molecule has 1 aliphatic rings. The van der Waals surface area contributed by atoms with Crippen LogP contribution in [0.4, 0.5) is 0 Å². The summed E-state index contributed by atoms with van der Waals surface area (Å²) in [6.45, 7) is 3.15. The minimum absolute atomic E-state index is 0.00626. The summed E-state index contributed by atoms with van der Waals surface area (Å²) < 4.78 is 0. The monoisotopic (exact) mass is 278 g/mol. The third kappa shape index (κ3) is 3.11. The molecule has 19 heavy (non-hydrogen) atoms. The SMILES string of the molecule is CC1CN(C(=O)c2ccc(C(N)=S)cc2)CCC1O. The number of nitrogens with two attached hydrogens (primary N) is 1. The Kier molecular flexibility index (Phi) is 4.17. The zero-order valence-corrected chi connectivity index (χ0v) is 11.7.